The Balaban J connectivity index is 1.79. The van der Waals surface area contributed by atoms with Gasteiger partial charge in [-0.25, -0.2) is 0 Å². The van der Waals surface area contributed by atoms with Crippen molar-refractivity contribution in [2.75, 3.05) is 18.6 Å². The van der Waals surface area contributed by atoms with Crippen molar-refractivity contribution < 1.29 is 14.3 Å². The number of likely N-dealkylation sites (N-methyl/N-ethyl adjacent to an activating group) is 1. The van der Waals surface area contributed by atoms with Crippen LogP contribution in [0.3, 0.4) is 0 Å². The Labute approximate surface area is 118 Å². The number of carbonyl (C=O) groups is 1. The van der Waals surface area contributed by atoms with Gasteiger partial charge >= 0.3 is 0 Å². The molecule has 0 bridgehead atoms. The molecule has 104 valence electrons. The van der Waals surface area contributed by atoms with Crippen LogP contribution < -0.4 is 4.90 Å². The van der Waals surface area contributed by atoms with E-state index in [0.717, 1.165) is 30.5 Å². The van der Waals surface area contributed by atoms with E-state index >= 15 is 0 Å². The van der Waals surface area contributed by atoms with Gasteiger partial charge in [-0.3, -0.25) is 4.79 Å². The van der Waals surface area contributed by atoms with Gasteiger partial charge in [0, 0.05) is 19.0 Å². The van der Waals surface area contributed by atoms with E-state index in [1.807, 2.05) is 36.4 Å². The summed E-state index contributed by atoms with van der Waals surface area (Å²) >= 11 is 0. The highest BCUT2D eigenvalue weighted by molar-refractivity contribution is 6.08. The molecule has 0 radical (unpaired) electrons. The van der Waals surface area contributed by atoms with Crippen LogP contribution in [0.4, 0.5) is 5.69 Å². The Morgan fingerprint density at radius 3 is 2.85 bits per heavy atom. The summed E-state index contributed by atoms with van der Waals surface area (Å²) in [7, 11) is 1.79. The predicted molar refractivity (Wildman–Crippen MR) is 74.3 cm³/mol. The van der Waals surface area contributed by atoms with E-state index in [2.05, 4.69) is 0 Å². The van der Waals surface area contributed by atoms with Gasteiger partial charge < -0.3 is 14.4 Å². The SMILES string of the molecule is CN1C(=O)C2(C=CC3(CCCCO3)O2)c2ccccc21. The van der Waals surface area contributed by atoms with Crippen molar-refractivity contribution >= 4 is 11.6 Å². The Morgan fingerprint density at radius 1 is 1.20 bits per heavy atom. The lowest BCUT2D eigenvalue weighted by Gasteiger charge is -2.35. The average Bonchev–Trinajstić information content (AvgIpc) is 2.95. The second-order valence-corrected chi connectivity index (χ2v) is 5.67. The molecule has 1 amide bonds. The molecule has 4 rings (SSSR count). The normalized spacial score (nSPS) is 35.2. The molecule has 2 atom stereocenters. The molecule has 1 saturated heterocycles. The number of nitrogens with zero attached hydrogens (tertiary/aromatic N) is 1. The third kappa shape index (κ3) is 1.41. The number of rotatable bonds is 0. The van der Waals surface area contributed by atoms with Crippen molar-refractivity contribution in [1.82, 2.24) is 0 Å². The minimum Gasteiger partial charge on any atom is -0.346 e. The Hall–Kier alpha value is -1.65. The van der Waals surface area contributed by atoms with Crippen molar-refractivity contribution in [3.05, 3.63) is 42.0 Å². The first-order valence-electron chi connectivity index (χ1n) is 7.09. The number of ether oxygens (including phenoxy) is 2. The molecule has 1 aromatic carbocycles. The summed E-state index contributed by atoms with van der Waals surface area (Å²) < 4.78 is 12.1. The van der Waals surface area contributed by atoms with Crippen LogP contribution >= 0.6 is 0 Å². The smallest absolute Gasteiger partial charge is 0.267 e. The first-order valence-corrected chi connectivity index (χ1v) is 7.09. The van der Waals surface area contributed by atoms with E-state index in [1.165, 1.54) is 0 Å². The van der Waals surface area contributed by atoms with Gasteiger partial charge in [0.15, 0.2) is 11.4 Å². The van der Waals surface area contributed by atoms with Gasteiger partial charge in [0.2, 0.25) is 0 Å². The van der Waals surface area contributed by atoms with Crippen molar-refractivity contribution in [3.63, 3.8) is 0 Å². The number of fused-ring (bicyclic) bond motifs is 2. The fourth-order valence-electron chi connectivity index (χ4n) is 3.40. The van der Waals surface area contributed by atoms with Gasteiger partial charge in [-0.2, -0.15) is 0 Å². The zero-order valence-corrected chi connectivity index (χ0v) is 11.5. The van der Waals surface area contributed by atoms with Gasteiger partial charge in [-0.05, 0) is 31.1 Å². The molecule has 1 fully saturated rings. The molecule has 3 aliphatic rings. The quantitative estimate of drug-likeness (QED) is 0.680. The summed E-state index contributed by atoms with van der Waals surface area (Å²) in [6, 6.07) is 7.79. The number of hydrogen-bond acceptors (Lipinski definition) is 3. The molecular weight excluding hydrogens is 254 g/mol. The predicted octanol–water partition coefficient (Wildman–Crippen LogP) is 2.34. The Morgan fingerprint density at radius 2 is 2.05 bits per heavy atom. The fraction of sp³-hybridized carbons (Fsp3) is 0.438. The van der Waals surface area contributed by atoms with E-state index < -0.39 is 11.4 Å². The van der Waals surface area contributed by atoms with Gasteiger partial charge in [-0.1, -0.05) is 18.2 Å². The summed E-state index contributed by atoms with van der Waals surface area (Å²) in [4.78, 5) is 14.4. The third-order valence-electron chi connectivity index (χ3n) is 4.46. The molecule has 2 spiro atoms. The standard InChI is InChI=1S/C16H17NO3/c1-17-13-7-3-2-6-12(13)16(14(17)18)10-9-15(20-16)8-4-5-11-19-15/h2-3,6-7,9-10H,4-5,8,11H2,1H3. The third-order valence-corrected chi connectivity index (χ3v) is 4.46. The van der Waals surface area contributed by atoms with E-state index in [4.69, 9.17) is 9.47 Å². The maximum atomic E-state index is 12.7. The monoisotopic (exact) mass is 271 g/mol. The topological polar surface area (TPSA) is 38.8 Å². The molecule has 3 heterocycles. The highest BCUT2D eigenvalue weighted by atomic mass is 16.7. The van der Waals surface area contributed by atoms with Crippen LogP contribution in [0.15, 0.2) is 36.4 Å². The molecule has 0 saturated carbocycles. The fourth-order valence-corrected chi connectivity index (χ4v) is 3.40. The van der Waals surface area contributed by atoms with E-state index in [1.54, 1.807) is 11.9 Å². The maximum absolute atomic E-state index is 12.7. The van der Waals surface area contributed by atoms with Crippen LogP contribution in [-0.4, -0.2) is 25.3 Å². The minimum atomic E-state index is -0.997. The lowest BCUT2D eigenvalue weighted by Crippen LogP contribution is -2.44. The first-order chi connectivity index (χ1) is 9.67. The van der Waals surface area contributed by atoms with Crippen LogP contribution in [0.1, 0.15) is 24.8 Å². The van der Waals surface area contributed by atoms with Crippen LogP contribution in [0.5, 0.6) is 0 Å². The number of hydrogen-bond donors (Lipinski definition) is 0. The first kappa shape index (κ1) is 12.1. The molecule has 2 unspecified atom stereocenters. The molecule has 4 heteroatoms. The Kier molecular flexibility index (Phi) is 2.38. The van der Waals surface area contributed by atoms with Crippen LogP contribution in [-0.2, 0) is 19.9 Å². The summed E-state index contributed by atoms with van der Waals surface area (Å²) in [6.07, 6.45) is 6.73. The largest absolute Gasteiger partial charge is 0.346 e. The molecule has 3 aliphatic heterocycles. The average molecular weight is 271 g/mol. The second-order valence-electron chi connectivity index (χ2n) is 5.67. The number of benzene rings is 1. The second kappa shape index (κ2) is 3.93. The van der Waals surface area contributed by atoms with E-state index in [0.29, 0.717) is 6.61 Å². The number of amides is 1. The zero-order valence-electron chi connectivity index (χ0n) is 11.5. The molecular formula is C16H17NO3. The molecule has 4 nitrogen and oxygen atoms in total. The summed E-state index contributed by atoms with van der Waals surface area (Å²) in [6.45, 7) is 0.687. The van der Waals surface area contributed by atoms with Crippen molar-refractivity contribution in [1.29, 1.82) is 0 Å². The van der Waals surface area contributed by atoms with Crippen LogP contribution in [0.2, 0.25) is 0 Å². The van der Waals surface area contributed by atoms with Crippen molar-refractivity contribution in [2.45, 2.75) is 30.7 Å². The summed E-state index contributed by atoms with van der Waals surface area (Å²) in [5, 5.41) is 0. The van der Waals surface area contributed by atoms with Crippen LogP contribution in [0, 0.1) is 0 Å². The molecule has 1 aromatic rings. The number of carbonyl (C=O) groups excluding carboxylic acids is 1. The van der Waals surface area contributed by atoms with Crippen molar-refractivity contribution in [3.8, 4) is 0 Å². The summed E-state index contributed by atoms with van der Waals surface area (Å²) in [5.74, 6) is -0.757. The van der Waals surface area contributed by atoms with Gasteiger partial charge in [0.25, 0.3) is 5.91 Å². The Bertz CT molecular complexity index is 603. The molecule has 0 aromatic heterocycles. The van der Waals surface area contributed by atoms with Gasteiger partial charge in [-0.15, -0.1) is 0 Å². The van der Waals surface area contributed by atoms with Gasteiger partial charge in [0.1, 0.15) is 0 Å². The maximum Gasteiger partial charge on any atom is 0.267 e. The van der Waals surface area contributed by atoms with E-state index in [-0.39, 0.29) is 5.91 Å². The molecule has 0 aliphatic carbocycles. The van der Waals surface area contributed by atoms with Crippen molar-refractivity contribution in [2.24, 2.45) is 0 Å². The molecule has 0 N–H and O–H groups in total. The number of anilines is 1. The van der Waals surface area contributed by atoms with Gasteiger partial charge in [0.05, 0.1) is 12.3 Å². The lowest BCUT2D eigenvalue weighted by molar-refractivity contribution is -0.249. The molecule has 20 heavy (non-hydrogen) atoms. The highest BCUT2D eigenvalue weighted by Crippen LogP contribution is 2.50. The highest BCUT2D eigenvalue weighted by Gasteiger charge is 2.57. The van der Waals surface area contributed by atoms with Crippen LogP contribution in [0.25, 0.3) is 0 Å². The van der Waals surface area contributed by atoms with E-state index in [9.17, 15) is 4.79 Å². The zero-order chi connectivity index (χ0) is 13.8. The summed E-state index contributed by atoms with van der Waals surface area (Å²) in [5.41, 5.74) is 0.827. The minimum absolute atomic E-state index is 0.0407. The number of para-hydroxylation sites is 1. The lowest BCUT2D eigenvalue weighted by atomic mass is 9.96.